The molecule has 31 heavy (non-hydrogen) atoms. The summed E-state index contributed by atoms with van der Waals surface area (Å²) in [5.74, 6) is -2.76. The van der Waals surface area contributed by atoms with Gasteiger partial charge in [0.1, 0.15) is 5.41 Å². The van der Waals surface area contributed by atoms with Crippen molar-refractivity contribution < 1.29 is 19.5 Å². The van der Waals surface area contributed by atoms with Gasteiger partial charge in [0.25, 0.3) is 5.84 Å². The molecule has 1 saturated carbocycles. The average molecular weight is 420 g/mol. The monoisotopic (exact) mass is 420 g/mol. The summed E-state index contributed by atoms with van der Waals surface area (Å²) < 4.78 is 0. The van der Waals surface area contributed by atoms with Gasteiger partial charge in [-0.05, 0) is 46.2 Å². The van der Waals surface area contributed by atoms with Crippen molar-refractivity contribution in [1.29, 1.82) is 10.5 Å². The molecule has 3 aliphatic rings. The highest BCUT2D eigenvalue weighted by atomic mass is 16.8. The Hall–Kier alpha value is -3.92. The molecular formula is C21H22N7O3+. The number of nitriles is 2. The van der Waals surface area contributed by atoms with Crippen LogP contribution in [0.1, 0.15) is 38.8 Å². The molecule has 1 amide bonds. The summed E-state index contributed by atoms with van der Waals surface area (Å²) in [7, 11) is 0. The van der Waals surface area contributed by atoms with E-state index in [-0.39, 0.29) is 5.84 Å². The van der Waals surface area contributed by atoms with Crippen LogP contribution >= 0.6 is 0 Å². The van der Waals surface area contributed by atoms with E-state index in [1.54, 1.807) is 39.8 Å². The van der Waals surface area contributed by atoms with E-state index in [1.165, 1.54) is 0 Å². The van der Waals surface area contributed by atoms with Gasteiger partial charge in [0.05, 0.1) is 23.6 Å². The van der Waals surface area contributed by atoms with Crippen LogP contribution in [0.2, 0.25) is 0 Å². The van der Waals surface area contributed by atoms with E-state index in [0.717, 1.165) is 5.56 Å². The van der Waals surface area contributed by atoms with Crippen LogP contribution in [0, 0.1) is 40.4 Å². The number of amides is 1. The number of anilines is 1. The van der Waals surface area contributed by atoms with E-state index in [1.807, 2.05) is 13.0 Å². The van der Waals surface area contributed by atoms with Crippen molar-refractivity contribution in [2.75, 3.05) is 5.32 Å². The first kappa shape index (κ1) is 20.4. The number of hydrogen-bond donors (Lipinski definition) is 3. The number of rotatable bonds is 4. The minimum absolute atomic E-state index is 0.117. The number of aryl methyl sites for hydroxylation is 1. The van der Waals surface area contributed by atoms with Gasteiger partial charge in [0.15, 0.2) is 0 Å². The lowest BCUT2D eigenvalue weighted by atomic mass is 9.83. The van der Waals surface area contributed by atoms with Crippen molar-refractivity contribution >= 4 is 28.9 Å². The first-order valence-corrected chi connectivity index (χ1v) is 9.65. The van der Waals surface area contributed by atoms with Gasteiger partial charge in [-0.2, -0.15) is 15.5 Å². The minimum Gasteiger partial charge on any atom is -0.325 e. The maximum absolute atomic E-state index is 13.5. The Morgan fingerprint density at radius 1 is 1.13 bits per heavy atom. The number of carbonyl (C=O) groups excluding carboxylic acids is 1. The molecule has 10 nitrogen and oxygen atoms in total. The zero-order valence-corrected chi connectivity index (χ0v) is 17.8. The zero-order chi connectivity index (χ0) is 22.8. The summed E-state index contributed by atoms with van der Waals surface area (Å²) in [6.07, 6.45) is 0. The Morgan fingerprint density at radius 2 is 1.74 bits per heavy atom. The van der Waals surface area contributed by atoms with Crippen LogP contribution in [0.15, 0.2) is 28.5 Å². The highest BCUT2D eigenvalue weighted by molar-refractivity contribution is 6.19. The van der Waals surface area contributed by atoms with Crippen LogP contribution in [0.25, 0.3) is 0 Å². The second-order valence-electron chi connectivity index (χ2n) is 8.39. The molecule has 0 bridgehead atoms. The molecule has 0 unspecified atom stereocenters. The van der Waals surface area contributed by atoms with Crippen molar-refractivity contribution in [3.8, 4) is 12.1 Å². The molecule has 10 heteroatoms. The fraction of sp³-hybridized carbons (Fsp3) is 0.429. The van der Waals surface area contributed by atoms with E-state index in [4.69, 9.17) is 15.4 Å². The molecule has 2 aliphatic heterocycles. The second-order valence-corrected chi connectivity index (χ2v) is 8.39. The summed E-state index contributed by atoms with van der Waals surface area (Å²) >= 11 is 0. The molecule has 0 radical (unpaired) electrons. The first-order valence-electron chi connectivity index (χ1n) is 9.65. The number of carbonyl (C=O) groups is 1. The molecule has 1 aliphatic carbocycles. The predicted octanol–water partition coefficient (Wildman–Crippen LogP) is 0.148. The van der Waals surface area contributed by atoms with E-state index in [9.17, 15) is 15.3 Å². The maximum atomic E-state index is 13.5. The fourth-order valence-corrected chi connectivity index (χ4v) is 4.96. The SMILES string of the molecule is CC(C)=NOC1(ON=C(C)C)[NH+]=C(N)[C@@]2(C#N)[C@@]3(C(=O)Nc4ccc(C)cc43)[C@@]12C#N. The maximum Gasteiger partial charge on any atom is 0.469 e. The van der Waals surface area contributed by atoms with Crippen molar-refractivity contribution in [3.05, 3.63) is 29.3 Å². The molecule has 1 fully saturated rings. The Kier molecular flexibility index (Phi) is 3.97. The minimum atomic E-state index is -2.11. The van der Waals surface area contributed by atoms with E-state index < -0.39 is 28.1 Å². The van der Waals surface area contributed by atoms with Crippen LogP contribution < -0.4 is 16.0 Å². The van der Waals surface area contributed by atoms with Crippen LogP contribution in [0.4, 0.5) is 5.69 Å². The smallest absolute Gasteiger partial charge is 0.325 e. The first-order chi connectivity index (χ1) is 14.6. The third kappa shape index (κ3) is 1.95. The number of nitrogens with two attached hydrogens (primary N) is 1. The van der Waals surface area contributed by atoms with Gasteiger partial charge in [-0.1, -0.05) is 28.0 Å². The average Bonchev–Trinajstić information content (AvgIpc) is 3.08. The summed E-state index contributed by atoms with van der Waals surface area (Å²) in [6, 6.07) is 9.64. The lowest BCUT2D eigenvalue weighted by Crippen LogP contribution is -2.91. The molecule has 3 atom stereocenters. The lowest BCUT2D eigenvalue weighted by Gasteiger charge is -2.27. The summed E-state index contributed by atoms with van der Waals surface area (Å²) in [5.41, 5.74) is 3.84. The summed E-state index contributed by atoms with van der Waals surface area (Å²) in [5, 5.41) is 31.6. The molecule has 158 valence electrons. The van der Waals surface area contributed by atoms with Crippen molar-refractivity contribution in [2.24, 2.45) is 26.9 Å². The molecule has 4 rings (SSSR count). The second kappa shape index (κ2) is 6.05. The van der Waals surface area contributed by atoms with Crippen LogP contribution in [-0.4, -0.2) is 29.1 Å². The molecular weight excluding hydrogens is 398 g/mol. The Balaban J connectivity index is 2.08. The van der Waals surface area contributed by atoms with Gasteiger partial charge in [-0.15, -0.1) is 0 Å². The van der Waals surface area contributed by atoms with Crippen molar-refractivity contribution in [2.45, 2.75) is 45.9 Å². The zero-order valence-electron chi connectivity index (χ0n) is 17.8. The van der Waals surface area contributed by atoms with Gasteiger partial charge in [-0.3, -0.25) is 10.5 Å². The van der Waals surface area contributed by atoms with Crippen LogP contribution in [-0.2, 0) is 19.9 Å². The van der Waals surface area contributed by atoms with Crippen LogP contribution in [0.3, 0.4) is 0 Å². The highest BCUT2D eigenvalue weighted by Crippen LogP contribution is 2.84. The largest absolute Gasteiger partial charge is 0.469 e. The molecule has 0 aromatic heterocycles. The third-order valence-corrected chi connectivity index (χ3v) is 6.04. The number of oxime groups is 2. The number of fused-ring (bicyclic) bond motifs is 5. The van der Waals surface area contributed by atoms with Gasteiger partial charge >= 0.3 is 5.91 Å². The molecule has 1 aromatic carbocycles. The Bertz CT molecular complexity index is 1180. The van der Waals surface area contributed by atoms with Crippen LogP contribution in [0.5, 0.6) is 0 Å². The van der Waals surface area contributed by atoms with Gasteiger partial charge < -0.3 is 15.0 Å². The van der Waals surface area contributed by atoms with E-state index >= 15 is 0 Å². The Labute approximate surface area is 179 Å². The number of benzene rings is 1. The van der Waals surface area contributed by atoms with Crippen molar-refractivity contribution in [1.82, 2.24) is 0 Å². The summed E-state index contributed by atoms with van der Waals surface area (Å²) in [4.78, 5) is 27.7. The lowest BCUT2D eigenvalue weighted by molar-refractivity contribution is -0.696. The molecule has 4 N–H and O–H groups in total. The molecule has 2 heterocycles. The Morgan fingerprint density at radius 3 is 2.26 bits per heavy atom. The standard InChI is InChI=1S/C21H21N7O3/c1-11(2)27-30-21(31-28-12(3)4)19(10-23)18(9-22,16(24)26-21)20(19)14-8-13(5)6-7-15(14)25-17(20)29/h6-8H,1-5H3,(H2,24,26)(H,25,29)/p+1/t18-,19+,20-/m1/s1. The normalized spacial score (nSPS) is 30.7. The molecule has 1 spiro atoms. The summed E-state index contributed by atoms with van der Waals surface area (Å²) in [6.45, 7) is 8.59. The number of hydrogen-bond acceptors (Lipinski definition) is 8. The number of nitrogens with zero attached hydrogens (tertiary/aromatic N) is 4. The number of amidine groups is 1. The fourth-order valence-electron chi connectivity index (χ4n) is 4.96. The van der Waals surface area contributed by atoms with Crippen molar-refractivity contribution in [3.63, 3.8) is 0 Å². The van der Waals surface area contributed by atoms with E-state index in [0.29, 0.717) is 22.7 Å². The quantitative estimate of drug-likeness (QED) is 0.357. The topological polar surface area (TPSA) is 160 Å². The van der Waals surface area contributed by atoms with Gasteiger partial charge in [0, 0.05) is 5.69 Å². The predicted molar refractivity (Wildman–Crippen MR) is 110 cm³/mol. The van der Waals surface area contributed by atoms with E-state index in [2.05, 4.69) is 32.8 Å². The molecule has 0 saturated heterocycles. The molecule has 1 aromatic rings. The van der Waals surface area contributed by atoms with Gasteiger partial charge in [0.2, 0.25) is 16.7 Å². The van der Waals surface area contributed by atoms with Gasteiger partial charge in [-0.25, -0.2) is 0 Å². The highest BCUT2D eigenvalue weighted by Gasteiger charge is 3.10. The third-order valence-electron chi connectivity index (χ3n) is 6.04. The number of nitrogens with one attached hydrogen (secondary N) is 2.